The maximum Gasteiger partial charge on any atom is 0.0701 e. The van der Waals surface area contributed by atoms with Crippen molar-refractivity contribution in [1.29, 1.82) is 0 Å². The molecule has 1 unspecified atom stereocenters. The van der Waals surface area contributed by atoms with Crippen LogP contribution >= 0.6 is 0 Å². The summed E-state index contributed by atoms with van der Waals surface area (Å²) < 4.78 is 5.37. The van der Waals surface area contributed by atoms with Crippen LogP contribution < -0.4 is 0 Å². The van der Waals surface area contributed by atoms with Gasteiger partial charge >= 0.3 is 0 Å². The van der Waals surface area contributed by atoms with Crippen LogP contribution in [0.5, 0.6) is 0 Å². The van der Waals surface area contributed by atoms with Gasteiger partial charge in [0.05, 0.1) is 5.60 Å². The molecule has 0 radical (unpaired) electrons. The lowest BCUT2D eigenvalue weighted by atomic mass is 9.72. The molecule has 0 aromatic rings. The number of rotatable bonds is 2. The smallest absolute Gasteiger partial charge is 0.0701 e. The predicted octanol–water partition coefficient (Wildman–Crippen LogP) is 2.74. The minimum atomic E-state index is -0.408. The summed E-state index contributed by atoms with van der Waals surface area (Å²) in [5.74, 6) is 0.682. The van der Waals surface area contributed by atoms with E-state index >= 15 is 0 Å². The van der Waals surface area contributed by atoms with Crippen LogP contribution in [0.3, 0.4) is 0 Å². The SMILES string of the molecule is CC1(C)CCCC1(O)CC1CCOCC1. The molecule has 1 heterocycles. The van der Waals surface area contributed by atoms with Gasteiger partial charge in [-0.15, -0.1) is 0 Å². The second kappa shape index (κ2) is 4.06. The van der Waals surface area contributed by atoms with Crippen molar-refractivity contribution in [2.24, 2.45) is 11.3 Å². The molecule has 1 aliphatic carbocycles. The number of hydrogen-bond donors (Lipinski definition) is 1. The first-order chi connectivity index (χ1) is 7.04. The van der Waals surface area contributed by atoms with E-state index in [1.165, 1.54) is 12.8 Å². The summed E-state index contributed by atoms with van der Waals surface area (Å²) in [6, 6.07) is 0. The van der Waals surface area contributed by atoms with Gasteiger partial charge in [0.25, 0.3) is 0 Å². The average molecular weight is 212 g/mol. The first-order valence-corrected chi connectivity index (χ1v) is 6.34. The van der Waals surface area contributed by atoms with E-state index in [0.29, 0.717) is 5.92 Å². The standard InChI is InChI=1S/C13H24O2/c1-12(2)6-3-7-13(12,14)10-11-4-8-15-9-5-11/h11,14H,3-10H2,1-2H3. The zero-order valence-electron chi connectivity index (χ0n) is 10.1. The Labute approximate surface area is 93.0 Å². The molecule has 1 aliphatic heterocycles. The van der Waals surface area contributed by atoms with Crippen LogP contribution in [0.25, 0.3) is 0 Å². The topological polar surface area (TPSA) is 29.5 Å². The molecule has 2 fully saturated rings. The molecule has 15 heavy (non-hydrogen) atoms. The molecule has 0 bridgehead atoms. The highest BCUT2D eigenvalue weighted by Gasteiger charge is 2.48. The van der Waals surface area contributed by atoms with E-state index in [4.69, 9.17) is 4.74 Å². The van der Waals surface area contributed by atoms with E-state index in [9.17, 15) is 5.11 Å². The fraction of sp³-hybridized carbons (Fsp3) is 1.00. The van der Waals surface area contributed by atoms with Crippen LogP contribution in [0.4, 0.5) is 0 Å². The Bertz CT molecular complexity index is 219. The van der Waals surface area contributed by atoms with Crippen molar-refractivity contribution in [2.45, 2.75) is 58.0 Å². The maximum absolute atomic E-state index is 10.7. The lowest BCUT2D eigenvalue weighted by molar-refractivity contribution is -0.0725. The van der Waals surface area contributed by atoms with Gasteiger partial charge in [0, 0.05) is 13.2 Å². The third kappa shape index (κ3) is 2.21. The molecule has 1 atom stereocenters. The lowest BCUT2D eigenvalue weighted by Gasteiger charge is -2.40. The van der Waals surface area contributed by atoms with Gasteiger partial charge in [0.2, 0.25) is 0 Å². The number of aliphatic hydroxyl groups is 1. The van der Waals surface area contributed by atoms with Crippen molar-refractivity contribution in [1.82, 2.24) is 0 Å². The van der Waals surface area contributed by atoms with Crippen molar-refractivity contribution in [3.05, 3.63) is 0 Å². The minimum Gasteiger partial charge on any atom is -0.389 e. The number of hydrogen-bond acceptors (Lipinski definition) is 2. The molecule has 2 heteroatoms. The van der Waals surface area contributed by atoms with Gasteiger partial charge in [-0.1, -0.05) is 13.8 Å². The molecule has 0 spiro atoms. The Morgan fingerprint density at radius 2 is 1.87 bits per heavy atom. The summed E-state index contributed by atoms with van der Waals surface area (Å²) in [5, 5.41) is 10.7. The van der Waals surface area contributed by atoms with Crippen molar-refractivity contribution in [3.63, 3.8) is 0 Å². The Hall–Kier alpha value is -0.0800. The zero-order valence-corrected chi connectivity index (χ0v) is 10.1. The monoisotopic (exact) mass is 212 g/mol. The van der Waals surface area contributed by atoms with Gasteiger partial charge in [-0.3, -0.25) is 0 Å². The number of ether oxygens (including phenoxy) is 1. The summed E-state index contributed by atoms with van der Waals surface area (Å²) in [5.41, 5.74) is -0.291. The Morgan fingerprint density at radius 1 is 1.20 bits per heavy atom. The van der Waals surface area contributed by atoms with E-state index in [0.717, 1.165) is 38.9 Å². The molecule has 0 amide bonds. The summed E-state index contributed by atoms with van der Waals surface area (Å²) in [6.45, 7) is 6.22. The van der Waals surface area contributed by atoms with Gasteiger partial charge in [-0.25, -0.2) is 0 Å². The molecule has 2 nitrogen and oxygen atoms in total. The van der Waals surface area contributed by atoms with Gasteiger partial charge in [-0.2, -0.15) is 0 Å². The van der Waals surface area contributed by atoms with E-state index < -0.39 is 5.60 Å². The van der Waals surface area contributed by atoms with Crippen molar-refractivity contribution in [2.75, 3.05) is 13.2 Å². The van der Waals surface area contributed by atoms with E-state index in [1.807, 2.05) is 0 Å². The first-order valence-electron chi connectivity index (χ1n) is 6.34. The molecule has 2 rings (SSSR count). The zero-order chi connectivity index (χ0) is 10.9. The molecule has 88 valence electrons. The van der Waals surface area contributed by atoms with Crippen molar-refractivity contribution in [3.8, 4) is 0 Å². The van der Waals surface area contributed by atoms with Gasteiger partial charge in [0.1, 0.15) is 0 Å². The maximum atomic E-state index is 10.7. The first kappa shape index (κ1) is 11.4. The molecule has 1 saturated carbocycles. The second-order valence-electron chi connectivity index (χ2n) is 6.03. The van der Waals surface area contributed by atoms with Gasteiger partial charge < -0.3 is 9.84 Å². The molecule has 2 aliphatic rings. The van der Waals surface area contributed by atoms with Crippen molar-refractivity contribution >= 4 is 0 Å². The quantitative estimate of drug-likeness (QED) is 0.762. The normalized spacial score (nSPS) is 37.0. The van der Waals surface area contributed by atoms with E-state index in [2.05, 4.69) is 13.8 Å². The Balaban J connectivity index is 1.97. The highest BCUT2D eigenvalue weighted by atomic mass is 16.5. The fourth-order valence-corrected chi connectivity index (χ4v) is 3.20. The van der Waals surface area contributed by atoms with Gasteiger partial charge in [-0.05, 0) is 49.9 Å². The highest BCUT2D eigenvalue weighted by molar-refractivity contribution is 4.99. The summed E-state index contributed by atoms with van der Waals surface area (Å²) in [6.07, 6.45) is 6.62. The molecule has 1 saturated heterocycles. The summed E-state index contributed by atoms with van der Waals surface area (Å²) in [4.78, 5) is 0. The molecular formula is C13H24O2. The van der Waals surface area contributed by atoms with E-state index in [-0.39, 0.29) is 5.41 Å². The third-order valence-electron chi connectivity index (χ3n) is 4.62. The minimum absolute atomic E-state index is 0.116. The van der Waals surface area contributed by atoms with Crippen molar-refractivity contribution < 1.29 is 9.84 Å². The molecule has 0 aromatic carbocycles. The summed E-state index contributed by atoms with van der Waals surface area (Å²) >= 11 is 0. The van der Waals surface area contributed by atoms with Crippen LogP contribution in [-0.4, -0.2) is 23.9 Å². The van der Waals surface area contributed by atoms with Crippen LogP contribution in [0.2, 0.25) is 0 Å². The van der Waals surface area contributed by atoms with E-state index in [1.54, 1.807) is 0 Å². The van der Waals surface area contributed by atoms with Crippen LogP contribution in [-0.2, 0) is 4.74 Å². The molecule has 1 N–H and O–H groups in total. The second-order valence-corrected chi connectivity index (χ2v) is 6.03. The van der Waals surface area contributed by atoms with Crippen LogP contribution in [0.1, 0.15) is 52.4 Å². The Morgan fingerprint density at radius 3 is 2.40 bits per heavy atom. The largest absolute Gasteiger partial charge is 0.389 e. The molecule has 0 aromatic heterocycles. The van der Waals surface area contributed by atoms with Gasteiger partial charge in [0.15, 0.2) is 0 Å². The third-order valence-corrected chi connectivity index (χ3v) is 4.62. The highest BCUT2D eigenvalue weighted by Crippen LogP contribution is 2.49. The Kier molecular flexibility index (Phi) is 3.09. The predicted molar refractivity (Wildman–Crippen MR) is 60.7 cm³/mol. The summed E-state index contributed by atoms with van der Waals surface area (Å²) in [7, 11) is 0. The average Bonchev–Trinajstić information content (AvgIpc) is 2.43. The van der Waals surface area contributed by atoms with Crippen LogP contribution in [0.15, 0.2) is 0 Å². The molecular weight excluding hydrogens is 188 g/mol. The lowest BCUT2D eigenvalue weighted by Crippen LogP contribution is -2.42. The van der Waals surface area contributed by atoms with Crippen LogP contribution in [0, 0.1) is 11.3 Å². The fourth-order valence-electron chi connectivity index (χ4n) is 3.20.